The molecule has 2 saturated carbocycles. The molecule has 2 heterocycles. The number of carbonyl (C=O) groups is 4. The van der Waals surface area contributed by atoms with Crippen molar-refractivity contribution in [2.75, 3.05) is 26.4 Å². The van der Waals surface area contributed by atoms with Crippen LogP contribution in [-0.4, -0.2) is 60.6 Å². The van der Waals surface area contributed by atoms with Gasteiger partial charge in [-0.25, -0.2) is 9.59 Å². The molecule has 16 heteroatoms. The summed E-state index contributed by atoms with van der Waals surface area (Å²) in [7, 11) is 0. The molecule has 2 aliphatic carbocycles. The van der Waals surface area contributed by atoms with Gasteiger partial charge in [0.15, 0.2) is 11.5 Å². The van der Waals surface area contributed by atoms with Crippen molar-refractivity contribution in [2.45, 2.75) is 140 Å². The van der Waals surface area contributed by atoms with Gasteiger partial charge in [-0.2, -0.15) is 9.98 Å². The number of thiophene rings is 2. The smallest absolute Gasteiger partial charge is 0.330 e. The normalized spacial score (nSPS) is 16.4. The molecule has 12 nitrogen and oxygen atoms in total. The molecule has 458 valence electrons. The van der Waals surface area contributed by atoms with Crippen LogP contribution in [0.3, 0.4) is 0 Å². The summed E-state index contributed by atoms with van der Waals surface area (Å²) in [6.45, 7) is 9.05. The van der Waals surface area contributed by atoms with E-state index < -0.39 is 0 Å². The number of hydrogen-bond acceptors (Lipinski definition) is 16. The van der Waals surface area contributed by atoms with Gasteiger partial charge in [0.05, 0.1) is 69.4 Å². The van der Waals surface area contributed by atoms with Gasteiger partial charge in [0.1, 0.15) is 11.5 Å². The fourth-order valence-electron chi connectivity index (χ4n) is 11.7. The maximum atomic E-state index is 14.7. The van der Waals surface area contributed by atoms with Crippen LogP contribution in [0.1, 0.15) is 151 Å². The summed E-state index contributed by atoms with van der Waals surface area (Å²) in [6.07, 6.45) is 20.8. The summed E-state index contributed by atoms with van der Waals surface area (Å²) in [5, 5.41) is 6.30. The molecule has 2 fully saturated rings. The van der Waals surface area contributed by atoms with Crippen molar-refractivity contribution in [3.05, 3.63) is 146 Å². The number of hydrogen-bond donors (Lipinski definition) is 0. The Labute approximate surface area is 535 Å². The molecular weight excluding hydrogens is 1180 g/mol. The van der Waals surface area contributed by atoms with Crippen LogP contribution < -0.4 is 18.9 Å². The standard InChI is InChI=1S/C72H76N2O10S4/c1-3-65(75)81-43-15-11-7-5-9-13-41-79-59-37-29-51(30-38-59)49-17-21-55(22-18-49)71(77)83-67-61-45-63(53-25-33-57(34-26-53)73-47-85)88-70(61)68(62-46-64(87-69(62)67)54-27-35-58(36-28-54)74-48-86)84-72(78)56-23-19-50(20-24-56)52-31-39-60(40-32-52)80-42-14-10-6-8-12-16-44-82-66(76)4-2/h3-4,25-40,45-46,49-50,55-56H,1-2,5-24,41-44H2. The predicted octanol–water partition coefficient (Wildman–Crippen LogP) is 19.6. The Bertz CT molecular complexity index is 3290. The third-order valence-corrected chi connectivity index (χ3v) is 19.2. The van der Waals surface area contributed by atoms with Gasteiger partial charge in [-0.1, -0.05) is 113 Å². The van der Waals surface area contributed by atoms with E-state index in [4.69, 9.17) is 52.9 Å². The Hall–Kier alpha value is -7.42. The molecule has 0 radical (unpaired) electrons. The molecule has 0 saturated heterocycles. The summed E-state index contributed by atoms with van der Waals surface area (Å²) in [4.78, 5) is 61.9. The number of isothiocyanates is 2. The summed E-state index contributed by atoms with van der Waals surface area (Å²) >= 11 is 12.8. The van der Waals surface area contributed by atoms with E-state index in [2.05, 4.69) is 94.1 Å². The molecule has 0 amide bonds. The Kier molecular flexibility index (Phi) is 25.0. The first-order valence-electron chi connectivity index (χ1n) is 31.0. The maximum Gasteiger partial charge on any atom is 0.330 e. The van der Waals surface area contributed by atoms with E-state index in [0.29, 0.717) is 97.6 Å². The molecule has 0 atom stereocenters. The minimum atomic E-state index is -0.368. The van der Waals surface area contributed by atoms with E-state index in [-0.39, 0.29) is 35.7 Å². The van der Waals surface area contributed by atoms with Crippen LogP contribution in [0.4, 0.5) is 11.4 Å². The number of unbranched alkanes of at least 4 members (excludes halogenated alkanes) is 10. The number of thiocarbonyl (C=S) groups is 2. The van der Waals surface area contributed by atoms with Gasteiger partial charge in [0.2, 0.25) is 0 Å². The number of aliphatic imine (C=N–C) groups is 2. The minimum Gasteiger partial charge on any atom is -0.494 e. The van der Waals surface area contributed by atoms with Crippen molar-refractivity contribution in [1.29, 1.82) is 0 Å². The zero-order valence-electron chi connectivity index (χ0n) is 49.9. The number of esters is 4. The second-order valence-electron chi connectivity index (χ2n) is 22.6. The molecule has 0 bridgehead atoms. The second kappa shape index (κ2) is 33.8. The molecule has 0 unspecified atom stereocenters. The van der Waals surface area contributed by atoms with Gasteiger partial charge >= 0.3 is 23.9 Å². The average Bonchev–Trinajstić information content (AvgIpc) is 1.64. The fourth-order valence-corrected chi connectivity index (χ4v) is 14.2. The number of ether oxygens (including phenoxy) is 6. The average molecular weight is 1260 g/mol. The lowest BCUT2D eigenvalue weighted by molar-refractivity contribution is -0.140. The molecule has 0 aliphatic heterocycles. The van der Waals surface area contributed by atoms with Crippen molar-refractivity contribution in [1.82, 2.24) is 0 Å². The lowest BCUT2D eigenvalue weighted by atomic mass is 9.79. The molecule has 0 N–H and O–H groups in total. The third-order valence-electron chi connectivity index (χ3n) is 16.7. The number of nitrogens with zero attached hydrogens (tertiary/aromatic N) is 2. The molecule has 88 heavy (non-hydrogen) atoms. The van der Waals surface area contributed by atoms with Crippen molar-refractivity contribution in [3.63, 3.8) is 0 Å². The van der Waals surface area contributed by atoms with E-state index in [9.17, 15) is 19.2 Å². The van der Waals surface area contributed by atoms with Crippen molar-refractivity contribution >= 4 is 113 Å². The second-order valence-corrected chi connectivity index (χ2v) is 25.1. The SMILES string of the molecule is C=CC(=O)OCCCCCCCCOc1ccc(C2CCC(C(=O)Oc3c4cc(-c5ccc(N=C=S)cc5)sc4c(OC(=O)C4CCC(c5ccc(OCCCCCCCCOC(=O)C=C)cc5)CC4)c4cc(-c5ccc(N=C=S)cc5)sc34)CC2)cc1. The molecule has 9 rings (SSSR count). The van der Waals surface area contributed by atoms with Crippen LogP contribution >= 0.6 is 47.1 Å². The topological polar surface area (TPSA) is 148 Å². The van der Waals surface area contributed by atoms with Crippen LogP contribution in [0.15, 0.2) is 144 Å². The Morgan fingerprint density at radius 3 is 1.15 bits per heavy atom. The van der Waals surface area contributed by atoms with Gasteiger partial charge < -0.3 is 28.4 Å². The zero-order valence-corrected chi connectivity index (χ0v) is 53.1. The van der Waals surface area contributed by atoms with E-state index in [1.807, 2.05) is 48.5 Å². The van der Waals surface area contributed by atoms with Gasteiger partial charge in [-0.15, -0.1) is 22.7 Å². The number of benzene rings is 5. The Morgan fingerprint density at radius 1 is 0.466 bits per heavy atom. The quantitative estimate of drug-likeness (QED) is 0.00987. The molecule has 5 aromatic carbocycles. The van der Waals surface area contributed by atoms with E-state index in [0.717, 1.165) is 145 Å². The first-order valence-corrected chi connectivity index (χ1v) is 33.4. The number of rotatable bonds is 32. The summed E-state index contributed by atoms with van der Waals surface area (Å²) < 4.78 is 37.2. The van der Waals surface area contributed by atoms with Crippen molar-refractivity contribution < 1.29 is 47.6 Å². The largest absolute Gasteiger partial charge is 0.494 e. The highest BCUT2D eigenvalue weighted by atomic mass is 32.1. The molecule has 2 aliphatic rings. The monoisotopic (exact) mass is 1260 g/mol. The third kappa shape index (κ3) is 18.3. The lowest BCUT2D eigenvalue weighted by Gasteiger charge is -2.28. The highest BCUT2D eigenvalue weighted by molar-refractivity contribution is 7.78. The van der Waals surface area contributed by atoms with Crippen LogP contribution in [0, 0.1) is 11.8 Å². The lowest BCUT2D eigenvalue weighted by Crippen LogP contribution is -2.25. The predicted molar refractivity (Wildman–Crippen MR) is 360 cm³/mol. The van der Waals surface area contributed by atoms with Crippen LogP contribution in [0.25, 0.3) is 41.1 Å². The van der Waals surface area contributed by atoms with E-state index in [1.54, 1.807) is 0 Å². The van der Waals surface area contributed by atoms with Crippen LogP contribution in [0.2, 0.25) is 0 Å². The van der Waals surface area contributed by atoms with E-state index in [1.165, 1.54) is 46.0 Å². The summed E-state index contributed by atoms with van der Waals surface area (Å²) in [6, 6.07) is 36.4. The Morgan fingerprint density at radius 2 is 0.807 bits per heavy atom. The fraction of sp³-hybridized carbons (Fsp3) is 0.389. The molecule has 2 aromatic heterocycles. The van der Waals surface area contributed by atoms with Gasteiger partial charge in [0, 0.05) is 32.7 Å². The number of fused-ring (bicyclic) bond motifs is 2. The van der Waals surface area contributed by atoms with Gasteiger partial charge in [0.25, 0.3) is 0 Å². The maximum absolute atomic E-state index is 14.7. The van der Waals surface area contributed by atoms with Crippen molar-refractivity contribution in [3.8, 4) is 43.9 Å². The molecule has 7 aromatic rings. The summed E-state index contributed by atoms with van der Waals surface area (Å²) in [5.41, 5.74) is 5.70. The van der Waals surface area contributed by atoms with Crippen molar-refractivity contribution in [2.24, 2.45) is 21.8 Å². The molecule has 0 spiro atoms. The molecular formula is C72H76N2O10S4. The summed E-state index contributed by atoms with van der Waals surface area (Å²) in [5.74, 6) is 1.39. The first kappa shape index (κ1) is 65.0. The number of carbonyl (C=O) groups excluding carboxylic acids is 4. The van der Waals surface area contributed by atoms with Gasteiger partial charge in [-0.05, 0) is 196 Å². The van der Waals surface area contributed by atoms with Gasteiger partial charge in [-0.3, -0.25) is 9.59 Å². The first-order chi connectivity index (χ1) is 43.1. The van der Waals surface area contributed by atoms with Crippen LogP contribution in [0.5, 0.6) is 23.0 Å². The minimum absolute atomic E-state index is 0.267. The zero-order chi connectivity index (χ0) is 61.5. The highest BCUT2D eigenvalue weighted by Crippen LogP contribution is 2.54. The Balaban J connectivity index is 0.865. The van der Waals surface area contributed by atoms with E-state index >= 15 is 0 Å². The van der Waals surface area contributed by atoms with Crippen LogP contribution in [-0.2, 0) is 28.7 Å². The highest BCUT2D eigenvalue weighted by Gasteiger charge is 2.34.